The molecule has 2 aromatic heterocycles. The molecular weight excluding hydrogens is 372 g/mol. The molecule has 1 aliphatic rings. The average molecular weight is 393 g/mol. The molecule has 1 fully saturated rings. The van der Waals surface area contributed by atoms with Crippen molar-refractivity contribution in [1.82, 2.24) is 19.9 Å². The maximum atomic E-state index is 12.8. The Morgan fingerprint density at radius 3 is 2.54 bits per heavy atom. The summed E-state index contributed by atoms with van der Waals surface area (Å²) in [4.78, 5) is 28.0. The molecule has 142 valence electrons. The molecule has 1 aliphatic heterocycles. The van der Waals surface area contributed by atoms with Crippen LogP contribution in [0.1, 0.15) is 40.6 Å². The van der Waals surface area contributed by atoms with Gasteiger partial charge in [0.05, 0.1) is 16.3 Å². The number of aromatic nitrogens is 3. The number of nitrogens with zero attached hydrogens (tertiary/aromatic N) is 4. The number of piperidine rings is 1. The molecule has 5 nitrogen and oxygen atoms in total. The fourth-order valence-corrected chi connectivity index (χ4v) is 3.93. The third kappa shape index (κ3) is 3.76. The molecule has 4 rings (SSSR count). The van der Waals surface area contributed by atoms with E-state index in [0.29, 0.717) is 29.6 Å². The van der Waals surface area contributed by atoms with Gasteiger partial charge in [-0.05, 0) is 49.6 Å². The van der Waals surface area contributed by atoms with Crippen molar-refractivity contribution in [3.05, 3.63) is 77.1 Å². The number of halogens is 1. The highest BCUT2D eigenvalue weighted by atomic mass is 35.5. The third-order valence-corrected chi connectivity index (χ3v) is 5.53. The molecule has 0 bridgehead atoms. The van der Waals surface area contributed by atoms with Gasteiger partial charge in [-0.25, -0.2) is 9.97 Å². The van der Waals surface area contributed by atoms with Gasteiger partial charge in [-0.3, -0.25) is 9.78 Å². The Labute approximate surface area is 169 Å². The summed E-state index contributed by atoms with van der Waals surface area (Å²) < 4.78 is 0. The van der Waals surface area contributed by atoms with Gasteiger partial charge in [0.1, 0.15) is 5.82 Å². The lowest BCUT2D eigenvalue weighted by molar-refractivity contribution is 0.0712. The second-order valence-electron chi connectivity index (χ2n) is 7.00. The highest BCUT2D eigenvalue weighted by Gasteiger charge is 2.28. The van der Waals surface area contributed by atoms with Crippen LogP contribution in [0.15, 0.2) is 55.0 Å². The van der Waals surface area contributed by atoms with Crippen LogP contribution in [0, 0.1) is 6.92 Å². The number of benzene rings is 1. The standard InChI is InChI=1S/C22H21ClN4O/c1-15-25-14-19(16-6-10-24-11-7-16)21(26-15)17-8-12-27(13-9-17)22(28)18-4-2-3-5-20(18)23/h2-7,10-11,14,17H,8-9,12-13H2,1H3. The Morgan fingerprint density at radius 1 is 1.11 bits per heavy atom. The van der Waals surface area contributed by atoms with E-state index in [4.69, 9.17) is 16.6 Å². The van der Waals surface area contributed by atoms with Gasteiger partial charge in [0.2, 0.25) is 0 Å². The van der Waals surface area contributed by atoms with E-state index in [9.17, 15) is 4.79 Å². The van der Waals surface area contributed by atoms with Crippen molar-refractivity contribution < 1.29 is 4.79 Å². The SMILES string of the molecule is Cc1ncc(-c2ccncc2)c(C2CCN(C(=O)c3ccccc3Cl)CC2)n1. The maximum absolute atomic E-state index is 12.8. The smallest absolute Gasteiger partial charge is 0.255 e. The molecule has 0 spiro atoms. The van der Waals surface area contributed by atoms with Gasteiger partial charge in [-0.15, -0.1) is 0 Å². The Bertz CT molecular complexity index is 985. The van der Waals surface area contributed by atoms with Crippen molar-refractivity contribution in [3.8, 4) is 11.1 Å². The maximum Gasteiger partial charge on any atom is 0.255 e. The second-order valence-corrected chi connectivity index (χ2v) is 7.41. The predicted molar refractivity (Wildman–Crippen MR) is 109 cm³/mol. The van der Waals surface area contributed by atoms with Crippen molar-refractivity contribution >= 4 is 17.5 Å². The molecule has 0 aliphatic carbocycles. The van der Waals surface area contributed by atoms with Crippen molar-refractivity contribution in [1.29, 1.82) is 0 Å². The van der Waals surface area contributed by atoms with Crippen LogP contribution in [0.4, 0.5) is 0 Å². The zero-order chi connectivity index (χ0) is 19.5. The van der Waals surface area contributed by atoms with Crippen molar-refractivity contribution in [2.45, 2.75) is 25.7 Å². The summed E-state index contributed by atoms with van der Waals surface area (Å²) >= 11 is 6.20. The van der Waals surface area contributed by atoms with Crippen LogP contribution in [-0.2, 0) is 0 Å². The Balaban J connectivity index is 1.54. The van der Waals surface area contributed by atoms with Crippen molar-refractivity contribution in [3.63, 3.8) is 0 Å². The van der Waals surface area contributed by atoms with E-state index < -0.39 is 0 Å². The summed E-state index contributed by atoms with van der Waals surface area (Å²) in [5.41, 5.74) is 3.74. The molecular formula is C22H21ClN4O. The van der Waals surface area contributed by atoms with Crippen molar-refractivity contribution in [2.75, 3.05) is 13.1 Å². The fraction of sp³-hybridized carbons (Fsp3) is 0.273. The quantitative estimate of drug-likeness (QED) is 0.657. The lowest BCUT2D eigenvalue weighted by Crippen LogP contribution is -2.38. The molecule has 0 unspecified atom stereocenters. The van der Waals surface area contributed by atoms with E-state index in [1.165, 1.54) is 0 Å². The summed E-state index contributed by atoms with van der Waals surface area (Å²) in [6.45, 7) is 3.29. The largest absolute Gasteiger partial charge is 0.339 e. The molecule has 0 radical (unpaired) electrons. The number of carbonyl (C=O) groups is 1. The van der Waals surface area contributed by atoms with Crippen LogP contribution in [-0.4, -0.2) is 38.8 Å². The first-order valence-electron chi connectivity index (χ1n) is 9.41. The molecule has 3 heterocycles. The minimum absolute atomic E-state index is 0.00252. The molecule has 1 saturated heterocycles. The highest BCUT2D eigenvalue weighted by Crippen LogP contribution is 2.34. The van der Waals surface area contributed by atoms with Gasteiger partial charge in [-0.1, -0.05) is 23.7 Å². The molecule has 0 atom stereocenters. The summed E-state index contributed by atoms with van der Waals surface area (Å²) in [5.74, 6) is 1.06. The lowest BCUT2D eigenvalue weighted by atomic mass is 9.89. The monoisotopic (exact) mass is 392 g/mol. The zero-order valence-electron chi connectivity index (χ0n) is 15.7. The molecule has 0 saturated carbocycles. The van der Waals surface area contributed by atoms with Gasteiger partial charge in [0.25, 0.3) is 5.91 Å². The molecule has 1 amide bonds. The topological polar surface area (TPSA) is 59.0 Å². The number of likely N-dealkylation sites (tertiary alicyclic amines) is 1. The number of amides is 1. The van der Waals surface area contributed by atoms with E-state index in [1.54, 1.807) is 24.5 Å². The molecule has 0 N–H and O–H groups in total. The van der Waals surface area contributed by atoms with Crippen molar-refractivity contribution in [2.24, 2.45) is 0 Å². The normalized spacial score (nSPS) is 14.9. The van der Waals surface area contributed by atoms with E-state index >= 15 is 0 Å². The van der Waals surface area contributed by atoms with Crippen LogP contribution >= 0.6 is 11.6 Å². The summed E-state index contributed by atoms with van der Waals surface area (Å²) in [7, 11) is 0. The Morgan fingerprint density at radius 2 is 1.82 bits per heavy atom. The Kier molecular flexibility index (Phi) is 5.35. The minimum atomic E-state index is -0.00252. The van der Waals surface area contributed by atoms with Crippen LogP contribution < -0.4 is 0 Å². The number of rotatable bonds is 3. The van der Waals surface area contributed by atoms with Gasteiger partial charge < -0.3 is 4.90 Å². The first kappa shape index (κ1) is 18.6. The lowest BCUT2D eigenvalue weighted by Gasteiger charge is -2.32. The van der Waals surface area contributed by atoms with Gasteiger partial charge >= 0.3 is 0 Å². The molecule has 28 heavy (non-hydrogen) atoms. The molecule has 3 aromatic rings. The molecule has 1 aromatic carbocycles. The zero-order valence-corrected chi connectivity index (χ0v) is 16.4. The van der Waals surface area contributed by atoms with Crippen LogP contribution in [0.3, 0.4) is 0 Å². The second kappa shape index (κ2) is 8.07. The fourth-order valence-electron chi connectivity index (χ4n) is 3.71. The van der Waals surface area contributed by atoms with Gasteiger partial charge in [0, 0.05) is 43.2 Å². The van der Waals surface area contributed by atoms with Crippen LogP contribution in [0.5, 0.6) is 0 Å². The first-order valence-corrected chi connectivity index (χ1v) is 9.79. The van der Waals surface area contributed by atoms with Gasteiger partial charge in [0.15, 0.2) is 0 Å². The number of hydrogen-bond donors (Lipinski definition) is 0. The first-order chi connectivity index (χ1) is 13.6. The minimum Gasteiger partial charge on any atom is -0.339 e. The van der Waals surface area contributed by atoms with Gasteiger partial charge in [-0.2, -0.15) is 0 Å². The highest BCUT2D eigenvalue weighted by molar-refractivity contribution is 6.33. The third-order valence-electron chi connectivity index (χ3n) is 5.20. The van der Waals surface area contributed by atoms with E-state index in [2.05, 4.69) is 9.97 Å². The number of pyridine rings is 1. The van der Waals surface area contributed by atoms with E-state index in [1.807, 2.05) is 42.3 Å². The summed E-state index contributed by atoms with van der Waals surface area (Å²) in [6.07, 6.45) is 7.19. The summed E-state index contributed by atoms with van der Waals surface area (Å²) in [5, 5.41) is 0.501. The number of aryl methyl sites for hydroxylation is 1. The van der Waals surface area contributed by atoms with Crippen LogP contribution in [0.2, 0.25) is 5.02 Å². The molecule has 6 heteroatoms. The van der Waals surface area contributed by atoms with E-state index in [0.717, 1.165) is 35.5 Å². The van der Waals surface area contributed by atoms with E-state index in [-0.39, 0.29) is 5.91 Å². The summed E-state index contributed by atoms with van der Waals surface area (Å²) in [6, 6.07) is 11.2. The number of hydrogen-bond acceptors (Lipinski definition) is 4. The van der Waals surface area contributed by atoms with Crippen LogP contribution in [0.25, 0.3) is 11.1 Å². The number of carbonyl (C=O) groups excluding carboxylic acids is 1. The Hall–Kier alpha value is -2.79. The average Bonchev–Trinajstić information content (AvgIpc) is 2.74. The predicted octanol–water partition coefficient (Wildman–Crippen LogP) is 4.52.